The third-order valence-electron chi connectivity index (χ3n) is 2.34. The zero-order valence-corrected chi connectivity index (χ0v) is 12.2. The van der Waals surface area contributed by atoms with Gasteiger partial charge in [0.25, 0.3) is 0 Å². The van der Waals surface area contributed by atoms with Gasteiger partial charge in [-0.2, -0.15) is 0 Å². The predicted octanol–water partition coefficient (Wildman–Crippen LogP) is 3.56. The molecule has 1 rings (SSSR count). The van der Waals surface area contributed by atoms with Gasteiger partial charge in [-0.1, -0.05) is 15.9 Å². The molecule has 0 aromatic heterocycles. The van der Waals surface area contributed by atoms with Crippen molar-refractivity contribution in [2.24, 2.45) is 0 Å². The van der Waals surface area contributed by atoms with E-state index in [2.05, 4.69) is 35.1 Å². The SMILES string of the molecule is COc1ccc(Br)c(CNC(C)(C)CCl)c1. The van der Waals surface area contributed by atoms with Crippen molar-refractivity contribution >= 4 is 27.5 Å². The molecule has 1 N–H and O–H groups in total. The summed E-state index contributed by atoms with van der Waals surface area (Å²) in [4.78, 5) is 0. The Kier molecular flexibility index (Phi) is 5.09. The lowest BCUT2D eigenvalue weighted by Gasteiger charge is -2.23. The van der Waals surface area contributed by atoms with Crippen LogP contribution in [-0.4, -0.2) is 18.5 Å². The van der Waals surface area contributed by atoms with Crippen LogP contribution in [-0.2, 0) is 6.54 Å². The van der Waals surface area contributed by atoms with Crippen molar-refractivity contribution in [2.45, 2.75) is 25.9 Å². The van der Waals surface area contributed by atoms with Crippen LogP contribution in [0.2, 0.25) is 0 Å². The van der Waals surface area contributed by atoms with Gasteiger partial charge in [-0.15, -0.1) is 11.6 Å². The fraction of sp³-hybridized carbons (Fsp3) is 0.500. The van der Waals surface area contributed by atoms with Crippen molar-refractivity contribution in [3.63, 3.8) is 0 Å². The maximum atomic E-state index is 5.86. The summed E-state index contributed by atoms with van der Waals surface area (Å²) in [5.41, 5.74) is 1.10. The van der Waals surface area contributed by atoms with Crippen molar-refractivity contribution in [1.29, 1.82) is 0 Å². The van der Waals surface area contributed by atoms with Crippen LogP contribution in [0.4, 0.5) is 0 Å². The third-order valence-corrected chi connectivity index (χ3v) is 3.79. The highest BCUT2D eigenvalue weighted by Crippen LogP contribution is 2.23. The molecule has 0 amide bonds. The molecule has 0 fully saturated rings. The normalized spacial score (nSPS) is 11.6. The molecule has 0 bridgehead atoms. The molecule has 90 valence electrons. The number of hydrogen-bond acceptors (Lipinski definition) is 2. The second-order valence-electron chi connectivity index (χ2n) is 4.33. The minimum Gasteiger partial charge on any atom is -0.497 e. The number of rotatable bonds is 5. The molecule has 0 atom stereocenters. The molecule has 1 aromatic rings. The summed E-state index contributed by atoms with van der Waals surface area (Å²) < 4.78 is 6.27. The maximum absolute atomic E-state index is 5.86. The van der Waals surface area contributed by atoms with E-state index >= 15 is 0 Å². The molecule has 0 aliphatic carbocycles. The minimum atomic E-state index is -0.0654. The van der Waals surface area contributed by atoms with Gasteiger partial charge in [0.2, 0.25) is 0 Å². The van der Waals surface area contributed by atoms with Crippen molar-refractivity contribution in [3.05, 3.63) is 28.2 Å². The molecule has 2 nitrogen and oxygen atoms in total. The Labute approximate surface area is 110 Å². The van der Waals surface area contributed by atoms with Gasteiger partial charge in [0.15, 0.2) is 0 Å². The van der Waals surface area contributed by atoms with E-state index in [0.29, 0.717) is 5.88 Å². The van der Waals surface area contributed by atoms with Gasteiger partial charge in [-0.05, 0) is 37.6 Å². The average molecular weight is 307 g/mol. The molecule has 0 radical (unpaired) electrons. The smallest absolute Gasteiger partial charge is 0.119 e. The zero-order valence-electron chi connectivity index (χ0n) is 9.81. The van der Waals surface area contributed by atoms with Crippen LogP contribution >= 0.6 is 27.5 Å². The molecule has 0 heterocycles. The molecule has 1 aromatic carbocycles. The first kappa shape index (κ1) is 13.8. The van der Waals surface area contributed by atoms with Crippen LogP contribution in [0.25, 0.3) is 0 Å². The lowest BCUT2D eigenvalue weighted by molar-refractivity contribution is 0.410. The van der Waals surface area contributed by atoms with Gasteiger partial charge in [-0.25, -0.2) is 0 Å². The van der Waals surface area contributed by atoms with Crippen LogP contribution in [0.3, 0.4) is 0 Å². The number of halogens is 2. The van der Waals surface area contributed by atoms with Crippen molar-refractivity contribution in [1.82, 2.24) is 5.32 Å². The Morgan fingerprint density at radius 2 is 2.12 bits per heavy atom. The number of ether oxygens (including phenoxy) is 1. The Morgan fingerprint density at radius 1 is 1.44 bits per heavy atom. The van der Waals surface area contributed by atoms with Crippen LogP contribution in [0.1, 0.15) is 19.4 Å². The molecular formula is C12H17BrClNO. The lowest BCUT2D eigenvalue weighted by atomic mass is 10.1. The number of nitrogens with one attached hydrogen (secondary N) is 1. The summed E-state index contributed by atoms with van der Waals surface area (Å²) in [6.45, 7) is 4.92. The van der Waals surface area contributed by atoms with Crippen LogP contribution in [0, 0.1) is 0 Å². The van der Waals surface area contributed by atoms with Crippen LogP contribution in [0.5, 0.6) is 5.75 Å². The van der Waals surface area contributed by atoms with Crippen molar-refractivity contribution in [3.8, 4) is 5.75 Å². The first-order chi connectivity index (χ1) is 7.48. The Bertz CT molecular complexity index is 355. The highest BCUT2D eigenvalue weighted by atomic mass is 79.9. The Balaban J connectivity index is 2.73. The highest BCUT2D eigenvalue weighted by Gasteiger charge is 2.15. The number of alkyl halides is 1. The molecule has 0 saturated carbocycles. The quantitative estimate of drug-likeness (QED) is 0.840. The maximum Gasteiger partial charge on any atom is 0.119 e. The third kappa shape index (κ3) is 3.96. The van der Waals surface area contributed by atoms with E-state index in [1.807, 2.05) is 18.2 Å². The van der Waals surface area contributed by atoms with Gasteiger partial charge >= 0.3 is 0 Å². The highest BCUT2D eigenvalue weighted by molar-refractivity contribution is 9.10. The van der Waals surface area contributed by atoms with E-state index in [9.17, 15) is 0 Å². The Morgan fingerprint density at radius 3 is 2.69 bits per heavy atom. The summed E-state index contributed by atoms with van der Waals surface area (Å²) in [6.07, 6.45) is 0. The van der Waals surface area contributed by atoms with E-state index in [1.165, 1.54) is 0 Å². The average Bonchev–Trinajstić information content (AvgIpc) is 2.28. The van der Waals surface area contributed by atoms with Gasteiger partial charge in [0.05, 0.1) is 7.11 Å². The van der Waals surface area contributed by atoms with Gasteiger partial charge in [-0.3, -0.25) is 0 Å². The van der Waals surface area contributed by atoms with E-state index in [0.717, 1.165) is 22.3 Å². The lowest BCUT2D eigenvalue weighted by Crippen LogP contribution is -2.40. The molecule has 0 unspecified atom stereocenters. The van der Waals surface area contributed by atoms with E-state index < -0.39 is 0 Å². The minimum absolute atomic E-state index is 0.0654. The fourth-order valence-corrected chi connectivity index (χ4v) is 1.68. The van der Waals surface area contributed by atoms with Crippen molar-refractivity contribution in [2.75, 3.05) is 13.0 Å². The van der Waals surface area contributed by atoms with Crippen LogP contribution in [0.15, 0.2) is 22.7 Å². The standard InChI is InChI=1S/C12H17BrClNO/c1-12(2,8-14)15-7-9-6-10(16-3)4-5-11(9)13/h4-6,15H,7-8H2,1-3H3. The van der Waals surface area contributed by atoms with Gasteiger partial charge in [0, 0.05) is 22.4 Å². The first-order valence-corrected chi connectivity index (χ1v) is 6.44. The summed E-state index contributed by atoms with van der Waals surface area (Å²) in [5, 5.41) is 3.40. The van der Waals surface area contributed by atoms with Gasteiger partial charge < -0.3 is 10.1 Å². The first-order valence-electron chi connectivity index (χ1n) is 5.12. The van der Waals surface area contributed by atoms with Crippen LogP contribution < -0.4 is 10.1 Å². The summed E-state index contributed by atoms with van der Waals surface area (Å²) in [5.74, 6) is 1.44. The molecular weight excluding hydrogens is 289 g/mol. The predicted molar refractivity (Wildman–Crippen MR) is 72.3 cm³/mol. The monoisotopic (exact) mass is 305 g/mol. The molecule has 0 aliphatic rings. The summed E-state index contributed by atoms with van der Waals surface area (Å²) in [6, 6.07) is 5.94. The number of methoxy groups -OCH3 is 1. The molecule has 0 saturated heterocycles. The van der Waals surface area contributed by atoms with E-state index in [1.54, 1.807) is 7.11 Å². The van der Waals surface area contributed by atoms with Crippen molar-refractivity contribution < 1.29 is 4.74 Å². The van der Waals surface area contributed by atoms with Gasteiger partial charge in [0.1, 0.15) is 5.75 Å². The zero-order chi connectivity index (χ0) is 12.2. The second kappa shape index (κ2) is 5.89. The Hall–Kier alpha value is -0.250. The largest absolute Gasteiger partial charge is 0.497 e. The molecule has 4 heteroatoms. The van der Waals surface area contributed by atoms with E-state index in [-0.39, 0.29) is 5.54 Å². The fourth-order valence-electron chi connectivity index (χ4n) is 1.20. The molecule has 16 heavy (non-hydrogen) atoms. The second-order valence-corrected chi connectivity index (χ2v) is 5.45. The summed E-state index contributed by atoms with van der Waals surface area (Å²) in [7, 11) is 1.67. The summed E-state index contributed by atoms with van der Waals surface area (Å²) >= 11 is 9.38. The topological polar surface area (TPSA) is 21.3 Å². The molecule has 0 spiro atoms. The molecule has 0 aliphatic heterocycles. The number of benzene rings is 1. The number of hydrogen-bond donors (Lipinski definition) is 1. The van der Waals surface area contributed by atoms with E-state index in [4.69, 9.17) is 16.3 Å².